The second kappa shape index (κ2) is 6.33. The maximum Gasteiger partial charge on any atom is 0.0998 e. The number of allylic oxidation sites excluding steroid dienone is 1. The molecular formula is C18H23N3Si. The van der Waals surface area contributed by atoms with Crippen molar-refractivity contribution < 1.29 is 0 Å². The SMILES string of the molecule is CCn1nc(C)cc1/C=C(\C#N)c1ccc([Si](C)(C)C)cc1. The van der Waals surface area contributed by atoms with Crippen LogP contribution in [-0.4, -0.2) is 17.9 Å². The number of hydrogen-bond donors (Lipinski definition) is 0. The van der Waals surface area contributed by atoms with Crippen LogP contribution in [-0.2, 0) is 6.54 Å². The summed E-state index contributed by atoms with van der Waals surface area (Å²) in [7, 11) is -1.30. The fraction of sp³-hybridized carbons (Fsp3) is 0.333. The molecule has 22 heavy (non-hydrogen) atoms. The van der Waals surface area contributed by atoms with E-state index >= 15 is 0 Å². The fourth-order valence-electron chi connectivity index (χ4n) is 2.41. The van der Waals surface area contributed by atoms with E-state index in [1.807, 2.05) is 23.7 Å². The molecule has 0 aliphatic rings. The molecule has 0 radical (unpaired) electrons. The van der Waals surface area contributed by atoms with Gasteiger partial charge in [-0.15, -0.1) is 0 Å². The molecule has 114 valence electrons. The van der Waals surface area contributed by atoms with Gasteiger partial charge in [0.1, 0.15) is 0 Å². The second-order valence-electron chi connectivity index (χ2n) is 6.52. The Morgan fingerprint density at radius 1 is 1.27 bits per heavy atom. The van der Waals surface area contributed by atoms with Gasteiger partial charge in [0.2, 0.25) is 0 Å². The molecule has 0 saturated carbocycles. The Kier molecular flexibility index (Phi) is 4.67. The zero-order valence-electron chi connectivity index (χ0n) is 14.0. The third-order valence-corrected chi connectivity index (χ3v) is 5.77. The van der Waals surface area contributed by atoms with Gasteiger partial charge in [0.25, 0.3) is 0 Å². The molecule has 0 amide bonds. The van der Waals surface area contributed by atoms with Crippen molar-refractivity contribution in [1.29, 1.82) is 5.26 Å². The van der Waals surface area contributed by atoms with Gasteiger partial charge in [0, 0.05) is 6.54 Å². The van der Waals surface area contributed by atoms with Crippen LogP contribution in [0.3, 0.4) is 0 Å². The largest absolute Gasteiger partial charge is 0.265 e. The summed E-state index contributed by atoms with van der Waals surface area (Å²) in [5.41, 5.74) is 3.59. The van der Waals surface area contributed by atoms with Crippen LogP contribution in [0.25, 0.3) is 11.6 Å². The van der Waals surface area contributed by atoms with Crippen LogP contribution in [0.1, 0.15) is 23.9 Å². The van der Waals surface area contributed by atoms with E-state index in [1.165, 1.54) is 5.19 Å². The molecule has 0 spiro atoms. The summed E-state index contributed by atoms with van der Waals surface area (Å²) in [6, 6.07) is 12.8. The molecule has 0 N–H and O–H groups in total. The summed E-state index contributed by atoms with van der Waals surface area (Å²) < 4.78 is 1.92. The van der Waals surface area contributed by atoms with Gasteiger partial charge in [-0.25, -0.2) is 0 Å². The van der Waals surface area contributed by atoms with Crippen molar-refractivity contribution in [2.24, 2.45) is 0 Å². The molecule has 2 rings (SSSR count). The highest BCUT2D eigenvalue weighted by Crippen LogP contribution is 2.18. The molecule has 0 bridgehead atoms. The number of aryl methyl sites for hydroxylation is 2. The van der Waals surface area contributed by atoms with Crippen molar-refractivity contribution in [2.45, 2.75) is 40.0 Å². The van der Waals surface area contributed by atoms with E-state index in [4.69, 9.17) is 0 Å². The number of rotatable bonds is 4. The molecule has 1 aromatic carbocycles. The van der Waals surface area contributed by atoms with Crippen LogP contribution in [0, 0.1) is 18.3 Å². The Morgan fingerprint density at radius 2 is 1.91 bits per heavy atom. The average molecular weight is 309 g/mol. The molecule has 0 aliphatic heterocycles. The van der Waals surface area contributed by atoms with E-state index < -0.39 is 8.07 Å². The Labute approximate surface area is 133 Å². The monoisotopic (exact) mass is 309 g/mol. The normalized spacial score (nSPS) is 12.3. The van der Waals surface area contributed by atoms with Gasteiger partial charge in [-0.1, -0.05) is 49.1 Å². The van der Waals surface area contributed by atoms with Crippen LogP contribution >= 0.6 is 0 Å². The highest BCUT2D eigenvalue weighted by molar-refractivity contribution is 6.88. The third kappa shape index (κ3) is 3.55. The maximum absolute atomic E-state index is 9.50. The minimum atomic E-state index is -1.30. The number of nitrogens with zero attached hydrogens (tertiary/aromatic N) is 3. The van der Waals surface area contributed by atoms with E-state index in [0.29, 0.717) is 5.57 Å². The molecule has 2 aromatic rings. The van der Waals surface area contributed by atoms with Gasteiger partial charge in [-0.2, -0.15) is 10.4 Å². The number of hydrogen-bond acceptors (Lipinski definition) is 2. The first kappa shape index (κ1) is 16.3. The van der Waals surface area contributed by atoms with E-state index in [-0.39, 0.29) is 0 Å². The zero-order valence-corrected chi connectivity index (χ0v) is 15.0. The predicted octanol–water partition coefficient (Wildman–Crippen LogP) is 3.82. The molecule has 0 saturated heterocycles. The third-order valence-electron chi connectivity index (χ3n) is 3.71. The topological polar surface area (TPSA) is 41.6 Å². The average Bonchev–Trinajstić information content (AvgIpc) is 2.84. The van der Waals surface area contributed by atoms with Crippen molar-refractivity contribution in [2.75, 3.05) is 0 Å². The fourth-order valence-corrected chi connectivity index (χ4v) is 3.58. The minimum absolute atomic E-state index is 0.678. The van der Waals surface area contributed by atoms with Gasteiger partial charge in [-0.3, -0.25) is 4.68 Å². The quantitative estimate of drug-likeness (QED) is 0.636. The Morgan fingerprint density at radius 3 is 2.41 bits per heavy atom. The highest BCUT2D eigenvalue weighted by Gasteiger charge is 2.16. The van der Waals surface area contributed by atoms with Gasteiger partial charge in [-0.05, 0) is 31.6 Å². The molecule has 4 heteroatoms. The minimum Gasteiger partial charge on any atom is -0.265 e. The number of benzene rings is 1. The molecule has 0 fully saturated rings. The highest BCUT2D eigenvalue weighted by atomic mass is 28.3. The van der Waals surface area contributed by atoms with E-state index in [1.54, 1.807) is 0 Å². The number of aromatic nitrogens is 2. The summed E-state index contributed by atoms with van der Waals surface area (Å²) >= 11 is 0. The Balaban J connectivity index is 2.40. The summed E-state index contributed by atoms with van der Waals surface area (Å²) in [5, 5.41) is 15.3. The first-order chi connectivity index (χ1) is 10.3. The molecule has 3 nitrogen and oxygen atoms in total. The van der Waals surface area contributed by atoms with E-state index in [0.717, 1.165) is 23.5 Å². The lowest BCUT2D eigenvalue weighted by atomic mass is 10.1. The Bertz CT molecular complexity index is 725. The van der Waals surface area contributed by atoms with Crippen LogP contribution in [0.15, 0.2) is 30.3 Å². The van der Waals surface area contributed by atoms with Crippen molar-refractivity contribution in [3.63, 3.8) is 0 Å². The summed E-state index contributed by atoms with van der Waals surface area (Å²) in [6.07, 6.45) is 1.92. The summed E-state index contributed by atoms with van der Waals surface area (Å²) in [5.74, 6) is 0. The van der Waals surface area contributed by atoms with Gasteiger partial charge in [0.15, 0.2) is 0 Å². The van der Waals surface area contributed by atoms with Crippen LogP contribution in [0.5, 0.6) is 0 Å². The van der Waals surface area contributed by atoms with Gasteiger partial charge >= 0.3 is 0 Å². The van der Waals surface area contributed by atoms with Gasteiger partial charge in [0.05, 0.1) is 31.1 Å². The molecule has 0 aliphatic carbocycles. The van der Waals surface area contributed by atoms with Crippen molar-refractivity contribution in [1.82, 2.24) is 9.78 Å². The summed E-state index contributed by atoms with van der Waals surface area (Å²) in [6.45, 7) is 11.8. The first-order valence-electron chi connectivity index (χ1n) is 7.62. The van der Waals surface area contributed by atoms with Gasteiger partial charge < -0.3 is 0 Å². The standard InChI is InChI=1S/C18H23N3Si/c1-6-21-17(11-14(2)20-21)12-16(13-19)15-7-9-18(10-8-15)22(3,4)5/h7-12H,6H2,1-5H3/b16-12+. The first-order valence-corrected chi connectivity index (χ1v) is 11.1. The van der Waals surface area contributed by atoms with Crippen LogP contribution in [0.4, 0.5) is 0 Å². The van der Waals surface area contributed by atoms with Crippen molar-refractivity contribution in [3.05, 3.63) is 47.3 Å². The second-order valence-corrected chi connectivity index (χ2v) is 11.6. The maximum atomic E-state index is 9.50. The molecular weight excluding hydrogens is 286 g/mol. The molecule has 1 aromatic heterocycles. The molecule has 0 unspecified atom stereocenters. The lowest BCUT2D eigenvalue weighted by Gasteiger charge is -2.16. The van der Waals surface area contributed by atoms with Crippen molar-refractivity contribution in [3.8, 4) is 6.07 Å². The lowest BCUT2D eigenvalue weighted by molar-refractivity contribution is 0.648. The number of nitriles is 1. The smallest absolute Gasteiger partial charge is 0.0998 e. The molecule has 1 heterocycles. The predicted molar refractivity (Wildman–Crippen MR) is 95.5 cm³/mol. The van der Waals surface area contributed by atoms with Crippen LogP contribution in [0.2, 0.25) is 19.6 Å². The molecule has 0 atom stereocenters. The van der Waals surface area contributed by atoms with E-state index in [2.05, 4.69) is 62.0 Å². The lowest BCUT2D eigenvalue weighted by Crippen LogP contribution is -2.37. The zero-order chi connectivity index (χ0) is 16.3. The van der Waals surface area contributed by atoms with Crippen molar-refractivity contribution >= 4 is 24.9 Å². The van der Waals surface area contributed by atoms with E-state index in [9.17, 15) is 5.26 Å². The summed E-state index contributed by atoms with van der Waals surface area (Å²) in [4.78, 5) is 0. The van der Waals surface area contributed by atoms with Crippen LogP contribution < -0.4 is 5.19 Å². The Hall–Kier alpha value is -2.12.